The van der Waals surface area contributed by atoms with Crippen LogP contribution in [0, 0.1) is 6.92 Å². The molecular formula is C25H30N2O2. The maximum atomic E-state index is 12.4. The van der Waals surface area contributed by atoms with Crippen molar-refractivity contribution in [3.05, 3.63) is 94.9 Å². The lowest BCUT2D eigenvalue weighted by molar-refractivity contribution is 0.0903. The molecule has 0 saturated carbocycles. The Labute approximate surface area is 173 Å². The molecule has 4 nitrogen and oxygen atoms in total. The second kappa shape index (κ2) is 9.10. The van der Waals surface area contributed by atoms with E-state index < -0.39 is 0 Å². The van der Waals surface area contributed by atoms with Crippen LogP contribution in [0.1, 0.15) is 53.8 Å². The summed E-state index contributed by atoms with van der Waals surface area (Å²) in [5, 5.41) is 2.91. The van der Waals surface area contributed by atoms with Crippen LogP contribution in [0.5, 0.6) is 0 Å². The fraction of sp³-hybridized carbons (Fsp3) is 0.320. The Morgan fingerprint density at radius 1 is 0.897 bits per heavy atom. The maximum absolute atomic E-state index is 12.4. The van der Waals surface area contributed by atoms with E-state index in [2.05, 4.69) is 62.2 Å². The van der Waals surface area contributed by atoms with Crippen molar-refractivity contribution in [3.63, 3.8) is 0 Å². The number of carbonyl (C=O) groups excluding carboxylic acids is 1. The molecule has 0 aliphatic rings. The smallest absolute Gasteiger partial charge is 0.287 e. The molecular weight excluding hydrogens is 360 g/mol. The van der Waals surface area contributed by atoms with Crippen molar-refractivity contribution in [2.45, 2.75) is 52.9 Å². The topological polar surface area (TPSA) is 45.5 Å². The molecule has 2 aromatic carbocycles. The molecule has 0 radical (unpaired) electrons. The third-order valence-corrected chi connectivity index (χ3v) is 4.97. The van der Waals surface area contributed by atoms with Crippen molar-refractivity contribution in [2.24, 2.45) is 0 Å². The number of hydrogen-bond donors (Lipinski definition) is 1. The number of nitrogens with zero attached hydrogens (tertiary/aromatic N) is 1. The first-order valence-electron chi connectivity index (χ1n) is 10.0. The van der Waals surface area contributed by atoms with E-state index in [1.807, 2.05) is 36.4 Å². The van der Waals surface area contributed by atoms with Gasteiger partial charge in [-0.15, -0.1) is 0 Å². The molecule has 3 rings (SSSR count). The van der Waals surface area contributed by atoms with Crippen molar-refractivity contribution in [2.75, 3.05) is 0 Å². The van der Waals surface area contributed by atoms with Gasteiger partial charge < -0.3 is 9.73 Å². The average Bonchev–Trinajstić information content (AvgIpc) is 3.16. The molecule has 0 fully saturated rings. The van der Waals surface area contributed by atoms with E-state index in [1.165, 1.54) is 11.1 Å². The SMILES string of the molecule is Cc1ccc(CN(Cc2ccc(C(=O)NCc3ccccc3)o2)C(C)(C)C)cc1. The lowest BCUT2D eigenvalue weighted by Crippen LogP contribution is -2.40. The zero-order chi connectivity index (χ0) is 20.9. The van der Waals surface area contributed by atoms with E-state index in [4.69, 9.17) is 4.42 Å². The molecule has 0 atom stereocenters. The van der Waals surface area contributed by atoms with Gasteiger partial charge in [-0.2, -0.15) is 0 Å². The minimum atomic E-state index is -0.194. The van der Waals surface area contributed by atoms with Crippen LogP contribution in [-0.4, -0.2) is 16.3 Å². The minimum Gasteiger partial charge on any atom is -0.455 e. The normalized spacial score (nSPS) is 11.6. The van der Waals surface area contributed by atoms with Gasteiger partial charge >= 0.3 is 0 Å². The van der Waals surface area contributed by atoms with Gasteiger partial charge in [0.2, 0.25) is 0 Å². The van der Waals surface area contributed by atoms with Gasteiger partial charge in [-0.3, -0.25) is 9.69 Å². The molecule has 0 unspecified atom stereocenters. The number of furan rings is 1. The lowest BCUT2D eigenvalue weighted by atomic mass is 10.0. The van der Waals surface area contributed by atoms with Crippen molar-refractivity contribution in [3.8, 4) is 0 Å². The summed E-state index contributed by atoms with van der Waals surface area (Å²) in [5.41, 5.74) is 3.55. The Kier molecular flexibility index (Phi) is 6.55. The van der Waals surface area contributed by atoms with Crippen LogP contribution in [0.2, 0.25) is 0 Å². The van der Waals surface area contributed by atoms with E-state index in [0.717, 1.165) is 17.9 Å². The van der Waals surface area contributed by atoms with E-state index in [9.17, 15) is 4.79 Å². The summed E-state index contributed by atoms with van der Waals surface area (Å²) in [6.07, 6.45) is 0. The summed E-state index contributed by atoms with van der Waals surface area (Å²) >= 11 is 0. The molecule has 3 aromatic rings. The Morgan fingerprint density at radius 2 is 1.59 bits per heavy atom. The molecule has 4 heteroatoms. The number of carbonyl (C=O) groups is 1. The van der Waals surface area contributed by atoms with Crippen LogP contribution < -0.4 is 5.32 Å². The number of amides is 1. The van der Waals surface area contributed by atoms with Gasteiger partial charge in [0.25, 0.3) is 5.91 Å². The number of hydrogen-bond acceptors (Lipinski definition) is 3. The second-order valence-corrected chi connectivity index (χ2v) is 8.45. The van der Waals surface area contributed by atoms with E-state index in [0.29, 0.717) is 18.8 Å². The highest BCUT2D eigenvalue weighted by molar-refractivity contribution is 5.91. The molecule has 0 bridgehead atoms. The monoisotopic (exact) mass is 390 g/mol. The highest BCUT2D eigenvalue weighted by atomic mass is 16.4. The van der Waals surface area contributed by atoms with Gasteiger partial charge in [0, 0.05) is 18.6 Å². The van der Waals surface area contributed by atoms with Crippen molar-refractivity contribution in [1.82, 2.24) is 10.2 Å². The van der Waals surface area contributed by atoms with E-state index in [1.54, 1.807) is 6.07 Å². The minimum absolute atomic E-state index is 0.0343. The first kappa shape index (κ1) is 20.9. The molecule has 0 aliphatic heterocycles. The highest BCUT2D eigenvalue weighted by Gasteiger charge is 2.23. The van der Waals surface area contributed by atoms with Gasteiger partial charge in [0.05, 0.1) is 6.54 Å². The van der Waals surface area contributed by atoms with Crippen molar-refractivity contribution in [1.29, 1.82) is 0 Å². The molecule has 1 amide bonds. The van der Waals surface area contributed by atoms with Gasteiger partial charge in [-0.25, -0.2) is 0 Å². The van der Waals surface area contributed by atoms with E-state index in [-0.39, 0.29) is 11.4 Å². The van der Waals surface area contributed by atoms with Gasteiger partial charge in [-0.1, -0.05) is 60.2 Å². The number of nitrogens with one attached hydrogen (secondary N) is 1. The molecule has 29 heavy (non-hydrogen) atoms. The van der Waals surface area contributed by atoms with Gasteiger partial charge in [0.1, 0.15) is 5.76 Å². The largest absolute Gasteiger partial charge is 0.455 e. The van der Waals surface area contributed by atoms with Crippen LogP contribution in [0.4, 0.5) is 0 Å². The first-order chi connectivity index (χ1) is 13.8. The van der Waals surface area contributed by atoms with Crippen LogP contribution in [0.25, 0.3) is 0 Å². The third-order valence-electron chi connectivity index (χ3n) is 4.97. The molecule has 1 aromatic heterocycles. The predicted molar refractivity (Wildman–Crippen MR) is 116 cm³/mol. The fourth-order valence-corrected chi connectivity index (χ4v) is 3.08. The quantitative estimate of drug-likeness (QED) is 0.594. The van der Waals surface area contributed by atoms with E-state index >= 15 is 0 Å². The summed E-state index contributed by atoms with van der Waals surface area (Å²) in [6.45, 7) is 10.6. The van der Waals surface area contributed by atoms with Crippen LogP contribution >= 0.6 is 0 Å². The number of aryl methyl sites for hydroxylation is 1. The lowest BCUT2D eigenvalue weighted by Gasteiger charge is -2.35. The van der Waals surface area contributed by atoms with Crippen LogP contribution in [0.15, 0.2) is 71.1 Å². The van der Waals surface area contributed by atoms with Crippen molar-refractivity contribution >= 4 is 5.91 Å². The number of benzene rings is 2. The molecule has 0 aliphatic carbocycles. The molecule has 1 heterocycles. The predicted octanol–water partition coefficient (Wildman–Crippen LogP) is 5.32. The third kappa shape index (κ3) is 6.06. The summed E-state index contributed by atoms with van der Waals surface area (Å²) in [7, 11) is 0. The zero-order valence-corrected chi connectivity index (χ0v) is 17.7. The summed E-state index contributed by atoms with van der Waals surface area (Å²) in [5.74, 6) is 0.943. The van der Waals surface area contributed by atoms with Crippen LogP contribution in [-0.2, 0) is 19.6 Å². The zero-order valence-electron chi connectivity index (χ0n) is 17.7. The van der Waals surface area contributed by atoms with Gasteiger partial charge in [0.15, 0.2) is 5.76 Å². The first-order valence-corrected chi connectivity index (χ1v) is 10.0. The van der Waals surface area contributed by atoms with Crippen molar-refractivity contribution < 1.29 is 9.21 Å². The summed E-state index contributed by atoms with van der Waals surface area (Å²) in [6, 6.07) is 22.1. The van der Waals surface area contributed by atoms with Gasteiger partial charge in [-0.05, 0) is 51.0 Å². The Balaban J connectivity index is 1.64. The highest BCUT2D eigenvalue weighted by Crippen LogP contribution is 2.22. The fourth-order valence-electron chi connectivity index (χ4n) is 3.08. The second-order valence-electron chi connectivity index (χ2n) is 8.45. The van der Waals surface area contributed by atoms with Crippen LogP contribution in [0.3, 0.4) is 0 Å². The molecule has 0 saturated heterocycles. The molecule has 152 valence electrons. The Morgan fingerprint density at radius 3 is 2.24 bits per heavy atom. The summed E-state index contributed by atoms with van der Waals surface area (Å²) < 4.78 is 5.86. The Bertz CT molecular complexity index is 921. The average molecular weight is 391 g/mol. The standard InChI is InChI=1S/C25H30N2O2/c1-19-10-12-21(13-11-19)17-27(25(2,3)4)18-22-14-15-23(29-22)24(28)26-16-20-8-6-5-7-9-20/h5-15H,16-18H2,1-4H3,(H,26,28). The number of rotatable bonds is 7. The molecule has 0 spiro atoms. The molecule has 1 N–H and O–H groups in total. The summed E-state index contributed by atoms with van der Waals surface area (Å²) in [4.78, 5) is 14.8. The maximum Gasteiger partial charge on any atom is 0.287 e. The Hall–Kier alpha value is -2.85.